The van der Waals surface area contributed by atoms with E-state index in [9.17, 15) is 9.90 Å². The van der Waals surface area contributed by atoms with E-state index in [-0.39, 0.29) is 4.91 Å². The number of aliphatic carboxylic acids is 1. The van der Waals surface area contributed by atoms with Crippen LogP contribution in [0.4, 0.5) is 0 Å². The Morgan fingerprint density at radius 3 is 2.58 bits per heavy atom. The van der Waals surface area contributed by atoms with Crippen molar-refractivity contribution in [1.29, 1.82) is 0 Å². The Morgan fingerprint density at radius 1 is 1.27 bits per heavy atom. The minimum Gasteiger partial charge on any atom is -0.477 e. The second-order valence-corrected chi connectivity index (χ2v) is 6.87. The summed E-state index contributed by atoms with van der Waals surface area (Å²) >= 11 is 6.97. The number of rotatable bonds is 6. The van der Waals surface area contributed by atoms with E-state index in [2.05, 4.69) is 10.2 Å². The van der Waals surface area contributed by atoms with Gasteiger partial charge in [-0.2, -0.15) is 0 Å². The van der Waals surface area contributed by atoms with E-state index in [0.717, 1.165) is 17.3 Å². The zero-order valence-electron chi connectivity index (χ0n) is 14.1. The van der Waals surface area contributed by atoms with Gasteiger partial charge in [0.15, 0.2) is 11.0 Å². The number of nitrogens with zero attached hydrogens (tertiary/aromatic N) is 3. The molecule has 0 aliphatic carbocycles. The number of furan rings is 1. The topological polar surface area (TPSA) is 81.2 Å². The number of aromatic nitrogens is 3. The third kappa shape index (κ3) is 4.00. The van der Waals surface area contributed by atoms with Crippen LogP contribution in [0, 0.1) is 6.92 Å². The summed E-state index contributed by atoms with van der Waals surface area (Å²) < 4.78 is 7.29. The van der Waals surface area contributed by atoms with Crippen molar-refractivity contribution in [3.63, 3.8) is 0 Å². The van der Waals surface area contributed by atoms with Crippen LogP contribution in [-0.4, -0.2) is 25.8 Å². The maximum absolute atomic E-state index is 11.6. The zero-order chi connectivity index (χ0) is 18.7. The van der Waals surface area contributed by atoms with Crippen molar-refractivity contribution < 1.29 is 14.3 Å². The Hall–Kier alpha value is -2.51. The molecule has 0 aliphatic rings. The highest BCUT2D eigenvalue weighted by atomic mass is 35.5. The normalized spacial score (nSPS) is 11.7. The molecular formula is C18H16ClN3O3S. The Morgan fingerprint density at radius 2 is 2.00 bits per heavy atom. The SMILES string of the molecule is CCn1c(S/C(=C/c2ccc(C)o2)C(=O)O)nnc1-c1ccc(Cl)cc1. The number of thioether (sulfide) groups is 1. The van der Waals surface area contributed by atoms with Gasteiger partial charge in [0.25, 0.3) is 0 Å². The molecule has 0 saturated heterocycles. The van der Waals surface area contributed by atoms with Crippen LogP contribution in [0.2, 0.25) is 5.02 Å². The molecule has 8 heteroatoms. The first-order valence-corrected chi connectivity index (χ1v) is 9.05. The van der Waals surface area contributed by atoms with Crippen LogP contribution < -0.4 is 0 Å². The number of hydrogen-bond donors (Lipinski definition) is 1. The lowest BCUT2D eigenvalue weighted by molar-refractivity contribution is -0.131. The summed E-state index contributed by atoms with van der Waals surface area (Å²) in [5, 5.41) is 19.0. The summed E-state index contributed by atoms with van der Waals surface area (Å²) in [5.41, 5.74) is 0.859. The number of carboxylic acids is 1. The Labute approximate surface area is 159 Å². The third-order valence-corrected chi connectivity index (χ3v) is 4.83. The molecule has 0 amide bonds. The van der Waals surface area contributed by atoms with E-state index < -0.39 is 5.97 Å². The molecule has 1 aromatic carbocycles. The van der Waals surface area contributed by atoms with E-state index >= 15 is 0 Å². The van der Waals surface area contributed by atoms with Crippen LogP contribution in [0.25, 0.3) is 17.5 Å². The summed E-state index contributed by atoms with van der Waals surface area (Å²) in [7, 11) is 0. The molecule has 0 fully saturated rings. The third-order valence-electron chi connectivity index (χ3n) is 3.58. The quantitative estimate of drug-likeness (QED) is 0.484. The molecular weight excluding hydrogens is 374 g/mol. The van der Waals surface area contributed by atoms with E-state index in [4.69, 9.17) is 16.0 Å². The molecule has 134 valence electrons. The molecule has 26 heavy (non-hydrogen) atoms. The molecule has 6 nitrogen and oxygen atoms in total. The molecule has 3 rings (SSSR count). The zero-order valence-corrected chi connectivity index (χ0v) is 15.7. The van der Waals surface area contributed by atoms with Crippen molar-refractivity contribution in [3.8, 4) is 11.4 Å². The number of carbonyl (C=O) groups is 1. The summed E-state index contributed by atoms with van der Waals surface area (Å²) in [6.07, 6.45) is 1.48. The van der Waals surface area contributed by atoms with Crippen molar-refractivity contribution in [2.45, 2.75) is 25.5 Å². The Kier molecular flexibility index (Phi) is 5.49. The van der Waals surface area contributed by atoms with Gasteiger partial charge in [-0.05, 0) is 62.0 Å². The number of benzene rings is 1. The molecule has 0 spiro atoms. The first-order chi connectivity index (χ1) is 12.5. The average Bonchev–Trinajstić information content (AvgIpc) is 3.20. The monoisotopic (exact) mass is 389 g/mol. The van der Waals surface area contributed by atoms with Crippen molar-refractivity contribution in [2.24, 2.45) is 0 Å². The molecule has 0 bridgehead atoms. The molecule has 3 aromatic rings. The lowest BCUT2D eigenvalue weighted by atomic mass is 10.2. The molecule has 0 aliphatic heterocycles. The second-order valence-electron chi connectivity index (χ2n) is 5.42. The smallest absolute Gasteiger partial charge is 0.342 e. The largest absolute Gasteiger partial charge is 0.477 e. The van der Waals surface area contributed by atoms with Crippen LogP contribution in [-0.2, 0) is 11.3 Å². The molecule has 2 heterocycles. The minimum atomic E-state index is -1.05. The van der Waals surface area contributed by atoms with Gasteiger partial charge in [-0.15, -0.1) is 10.2 Å². The van der Waals surface area contributed by atoms with Gasteiger partial charge < -0.3 is 14.1 Å². The molecule has 0 atom stereocenters. The molecule has 0 unspecified atom stereocenters. The van der Waals surface area contributed by atoms with Gasteiger partial charge in [0.1, 0.15) is 16.4 Å². The summed E-state index contributed by atoms with van der Waals surface area (Å²) in [6.45, 7) is 4.35. The van der Waals surface area contributed by atoms with Gasteiger partial charge in [0.05, 0.1) is 0 Å². The van der Waals surface area contributed by atoms with Crippen molar-refractivity contribution >= 4 is 35.4 Å². The molecule has 0 saturated carbocycles. The molecule has 0 radical (unpaired) electrons. The number of carboxylic acid groups (broad SMARTS) is 1. The van der Waals surface area contributed by atoms with Crippen LogP contribution in [0.15, 0.2) is 50.9 Å². The lowest BCUT2D eigenvalue weighted by Crippen LogP contribution is -2.02. The van der Waals surface area contributed by atoms with Gasteiger partial charge in [-0.1, -0.05) is 11.6 Å². The Bertz CT molecular complexity index is 960. The number of aryl methyl sites for hydroxylation is 1. The number of halogens is 1. The molecule has 2 aromatic heterocycles. The van der Waals surface area contributed by atoms with E-state index in [1.807, 2.05) is 23.6 Å². The maximum atomic E-state index is 11.6. The lowest BCUT2D eigenvalue weighted by Gasteiger charge is -2.07. The first kappa shape index (κ1) is 18.3. The first-order valence-electron chi connectivity index (χ1n) is 7.86. The van der Waals surface area contributed by atoms with Gasteiger partial charge in [-0.25, -0.2) is 4.79 Å². The van der Waals surface area contributed by atoms with E-state index in [1.165, 1.54) is 6.08 Å². The molecule has 1 N–H and O–H groups in total. The predicted octanol–water partition coefficient (Wildman–Crippen LogP) is 4.74. The fourth-order valence-electron chi connectivity index (χ4n) is 2.36. The fourth-order valence-corrected chi connectivity index (χ4v) is 3.35. The van der Waals surface area contributed by atoms with Gasteiger partial charge in [0, 0.05) is 23.2 Å². The fraction of sp³-hybridized carbons (Fsp3) is 0.167. The van der Waals surface area contributed by atoms with Gasteiger partial charge >= 0.3 is 5.97 Å². The predicted molar refractivity (Wildman–Crippen MR) is 101 cm³/mol. The highest BCUT2D eigenvalue weighted by Crippen LogP contribution is 2.31. The minimum absolute atomic E-state index is 0.101. The van der Waals surface area contributed by atoms with Crippen molar-refractivity contribution in [3.05, 3.63) is 57.8 Å². The summed E-state index contributed by atoms with van der Waals surface area (Å²) in [4.78, 5) is 11.7. The maximum Gasteiger partial charge on any atom is 0.342 e. The highest BCUT2D eigenvalue weighted by molar-refractivity contribution is 8.04. The van der Waals surface area contributed by atoms with Crippen LogP contribution in [0.1, 0.15) is 18.4 Å². The van der Waals surface area contributed by atoms with Crippen molar-refractivity contribution in [1.82, 2.24) is 14.8 Å². The van der Waals surface area contributed by atoms with Crippen LogP contribution in [0.5, 0.6) is 0 Å². The number of hydrogen-bond acceptors (Lipinski definition) is 5. The standard InChI is InChI=1S/C18H16ClN3O3S/c1-3-22-16(12-5-7-13(19)8-6-12)20-21-18(22)26-15(17(23)24)10-14-9-4-11(2)25-14/h4-10H,3H2,1-2H3,(H,23,24)/b15-10+. The average molecular weight is 390 g/mol. The van der Waals surface area contributed by atoms with Crippen molar-refractivity contribution in [2.75, 3.05) is 0 Å². The van der Waals surface area contributed by atoms with Gasteiger partial charge in [-0.3, -0.25) is 0 Å². The summed E-state index contributed by atoms with van der Waals surface area (Å²) in [6, 6.07) is 10.8. The Balaban J connectivity index is 1.94. The van der Waals surface area contributed by atoms with E-state index in [1.54, 1.807) is 31.2 Å². The highest BCUT2D eigenvalue weighted by Gasteiger charge is 2.18. The second kappa shape index (κ2) is 7.80. The van der Waals surface area contributed by atoms with E-state index in [0.29, 0.717) is 34.1 Å². The van der Waals surface area contributed by atoms with Crippen LogP contribution in [0.3, 0.4) is 0 Å². The summed E-state index contributed by atoms with van der Waals surface area (Å²) in [5.74, 6) is 0.800. The van der Waals surface area contributed by atoms with Gasteiger partial charge in [0.2, 0.25) is 0 Å². The van der Waals surface area contributed by atoms with Crippen LogP contribution >= 0.6 is 23.4 Å².